The number of alkyl halides is 6. The Bertz CT molecular complexity index is 1270. The zero-order valence-electron chi connectivity index (χ0n) is 21.0. The van der Waals surface area contributed by atoms with Gasteiger partial charge in [-0.05, 0) is 43.6 Å². The van der Waals surface area contributed by atoms with E-state index >= 15 is 0 Å². The van der Waals surface area contributed by atoms with E-state index in [1.165, 1.54) is 12.8 Å². The van der Waals surface area contributed by atoms with Gasteiger partial charge in [0, 0.05) is 24.5 Å². The Labute approximate surface area is 222 Å². The number of aliphatic carboxylic acids is 2. The zero-order valence-corrected chi connectivity index (χ0v) is 21.0. The molecule has 2 aromatic heterocycles. The number of carboxylic acid groups (broad SMARTS) is 2. The molecule has 2 aliphatic rings. The van der Waals surface area contributed by atoms with Crippen molar-refractivity contribution in [1.29, 1.82) is 0 Å². The van der Waals surface area contributed by atoms with Crippen LogP contribution in [0.25, 0.3) is 16.9 Å². The van der Waals surface area contributed by atoms with Crippen LogP contribution in [-0.2, 0) is 16.0 Å². The molecule has 2 aliphatic heterocycles. The lowest BCUT2D eigenvalue weighted by Crippen LogP contribution is -2.53. The van der Waals surface area contributed by atoms with Gasteiger partial charge in [0.05, 0.1) is 17.1 Å². The SMILES string of the molecule is CCc1nn(-c2noc(C3CN(C4CCNCC4)C3)n2)c2ccccc12.O=C(O)C(F)(F)F.O=C(O)C(F)(F)F. The van der Waals surface area contributed by atoms with Crippen molar-refractivity contribution >= 4 is 22.8 Å². The van der Waals surface area contributed by atoms with Crippen molar-refractivity contribution in [1.82, 2.24) is 30.1 Å². The van der Waals surface area contributed by atoms with Crippen molar-refractivity contribution in [2.24, 2.45) is 0 Å². The molecule has 1 aromatic carbocycles. The van der Waals surface area contributed by atoms with Gasteiger partial charge in [0.2, 0.25) is 5.89 Å². The third-order valence-corrected chi connectivity index (χ3v) is 6.19. The molecule has 220 valence electrons. The van der Waals surface area contributed by atoms with Gasteiger partial charge in [0.15, 0.2) is 0 Å². The fraction of sp³-hybridized carbons (Fsp3) is 0.522. The molecule has 0 saturated carbocycles. The number of hydrogen-bond acceptors (Lipinski definition) is 8. The molecule has 0 bridgehead atoms. The van der Waals surface area contributed by atoms with Crippen LogP contribution < -0.4 is 5.32 Å². The number of likely N-dealkylation sites (tertiary alicyclic amines) is 1. The average molecular weight is 580 g/mol. The summed E-state index contributed by atoms with van der Waals surface area (Å²) in [6, 6.07) is 8.92. The summed E-state index contributed by atoms with van der Waals surface area (Å²) in [6.45, 7) is 6.41. The highest BCUT2D eigenvalue weighted by molar-refractivity contribution is 5.83. The largest absolute Gasteiger partial charge is 0.490 e. The number of nitrogens with zero attached hydrogens (tertiary/aromatic N) is 5. The molecule has 0 spiro atoms. The van der Waals surface area contributed by atoms with Crippen LogP contribution in [0.3, 0.4) is 0 Å². The summed E-state index contributed by atoms with van der Waals surface area (Å²) < 4.78 is 70.9. The highest BCUT2D eigenvalue weighted by Crippen LogP contribution is 2.31. The fourth-order valence-electron chi connectivity index (χ4n) is 4.16. The molecular formula is C23H26F6N6O5. The smallest absolute Gasteiger partial charge is 0.475 e. The van der Waals surface area contributed by atoms with E-state index in [4.69, 9.17) is 29.4 Å². The Balaban J connectivity index is 0.000000263. The maximum atomic E-state index is 10.6. The minimum Gasteiger partial charge on any atom is -0.475 e. The van der Waals surface area contributed by atoms with Gasteiger partial charge in [-0.15, -0.1) is 0 Å². The number of carboxylic acids is 2. The number of aromatic nitrogens is 4. The van der Waals surface area contributed by atoms with Crippen LogP contribution in [0.15, 0.2) is 28.8 Å². The number of carbonyl (C=O) groups is 2. The van der Waals surface area contributed by atoms with Crippen molar-refractivity contribution in [3.63, 3.8) is 0 Å². The third-order valence-electron chi connectivity index (χ3n) is 6.19. The van der Waals surface area contributed by atoms with Gasteiger partial charge in [0.25, 0.3) is 5.95 Å². The van der Waals surface area contributed by atoms with Gasteiger partial charge >= 0.3 is 24.3 Å². The van der Waals surface area contributed by atoms with Gasteiger partial charge in [-0.3, -0.25) is 4.90 Å². The summed E-state index contributed by atoms with van der Waals surface area (Å²) in [5, 5.41) is 27.7. The predicted molar refractivity (Wildman–Crippen MR) is 126 cm³/mol. The monoisotopic (exact) mass is 580 g/mol. The molecule has 0 amide bonds. The Morgan fingerprint density at radius 1 is 1.02 bits per heavy atom. The number of piperidine rings is 1. The number of benzene rings is 1. The maximum absolute atomic E-state index is 10.6. The van der Waals surface area contributed by atoms with Crippen molar-refractivity contribution in [2.45, 2.75) is 50.5 Å². The summed E-state index contributed by atoms with van der Waals surface area (Å²) in [5.74, 6) is -3.89. The first-order valence-corrected chi connectivity index (χ1v) is 12.1. The number of fused-ring (bicyclic) bond motifs is 1. The van der Waals surface area contributed by atoms with Crippen molar-refractivity contribution < 1.29 is 50.7 Å². The molecule has 0 aliphatic carbocycles. The number of nitrogens with one attached hydrogen (secondary N) is 1. The lowest BCUT2D eigenvalue weighted by molar-refractivity contribution is -0.193. The van der Waals surface area contributed by atoms with E-state index < -0.39 is 24.3 Å². The summed E-state index contributed by atoms with van der Waals surface area (Å²) in [5.41, 5.74) is 2.09. The molecule has 5 rings (SSSR count). The number of aryl methyl sites for hydroxylation is 1. The van der Waals surface area contributed by atoms with Gasteiger partial charge in [0.1, 0.15) is 0 Å². The molecule has 17 heteroatoms. The molecule has 11 nitrogen and oxygen atoms in total. The van der Waals surface area contributed by atoms with E-state index in [1.54, 1.807) is 0 Å². The Morgan fingerprint density at radius 3 is 2.10 bits per heavy atom. The number of para-hydroxylation sites is 1. The third kappa shape index (κ3) is 7.68. The van der Waals surface area contributed by atoms with Crippen LogP contribution in [0.4, 0.5) is 26.3 Å². The molecule has 0 atom stereocenters. The van der Waals surface area contributed by atoms with E-state index in [0.29, 0.717) is 17.9 Å². The predicted octanol–water partition coefficient (Wildman–Crippen LogP) is 3.39. The second kappa shape index (κ2) is 12.6. The first kappa shape index (κ1) is 30.8. The van der Waals surface area contributed by atoms with Crippen molar-refractivity contribution in [3.05, 3.63) is 35.9 Å². The summed E-state index contributed by atoms with van der Waals surface area (Å²) in [6.07, 6.45) is -6.81. The van der Waals surface area contributed by atoms with Crippen LogP contribution in [-0.4, -0.2) is 91.5 Å². The highest BCUT2D eigenvalue weighted by atomic mass is 19.4. The van der Waals surface area contributed by atoms with Gasteiger partial charge in [-0.2, -0.15) is 41.1 Å². The quantitative estimate of drug-likeness (QED) is 0.393. The lowest BCUT2D eigenvalue weighted by Gasteiger charge is -2.44. The van der Waals surface area contributed by atoms with Crippen LogP contribution >= 0.6 is 0 Å². The standard InChI is InChI=1S/C19H24N6O.2C2HF3O2/c1-2-16-15-5-3-4-6-17(15)25(22-16)19-21-18(26-23-19)13-11-24(12-13)14-7-9-20-10-8-14;2*3-2(4,5)1(6)7/h3-6,13-14,20H,2,7-12H2,1H3;2*(H,6,7). The molecule has 0 radical (unpaired) electrons. The maximum Gasteiger partial charge on any atom is 0.490 e. The van der Waals surface area contributed by atoms with E-state index in [1.807, 2.05) is 16.8 Å². The van der Waals surface area contributed by atoms with E-state index in [9.17, 15) is 26.3 Å². The van der Waals surface area contributed by atoms with Gasteiger partial charge in [-0.1, -0.05) is 25.1 Å². The topological polar surface area (TPSA) is 147 Å². The Kier molecular flexibility index (Phi) is 9.73. The number of rotatable bonds is 4. The molecule has 0 unspecified atom stereocenters. The first-order valence-electron chi connectivity index (χ1n) is 12.1. The van der Waals surface area contributed by atoms with E-state index in [0.717, 1.165) is 55.1 Å². The summed E-state index contributed by atoms with van der Waals surface area (Å²) in [7, 11) is 0. The average Bonchev–Trinajstić information content (AvgIpc) is 3.48. The molecule has 4 heterocycles. The van der Waals surface area contributed by atoms with Gasteiger partial charge < -0.3 is 20.1 Å². The van der Waals surface area contributed by atoms with Crippen LogP contribution in [0.1, 0.15) is 37.3 Å². The summed E-state index contributed by atoms with van der Waals surface area (Å²) in [4.78, 5) is 25.0. The molecule has 2 saturated heterocycles. The van der Waals surface area contributed by atoms with Crippen LogP contribution in [0, 0.1) is 0 Å². The second-order valence-corrected chi connectivity index (χ2v) is 8.90. The highest BCUT2D eigenvalue weighted by Gasteiger charge is 2.39. The van der Waals surface area contributed by atoms with Crippen molar-refractivity contribution in [2.75, 3.05) is 26.2 Å². The molecule has 3 N–H and O–H groups in total. The minimum atomic E-state index is -5.08. The molecule has 3 aromatic rings. The fourth-order valence-corrected chi connectivity index (χ4v) is 4.16. The number of halogens is 6. The number of hydrogen-bond donors (Lipinski definition) is 3. The van der Waals surface area contributed by atoms with E-state index in [-0.39, 0.29) is 0 Å². The minimum absolute atomic E-state index is 0.346. The van der Waals surface area contributed by atoms with Crippen LogP contribution in [0.5, 0.6) is 0 Å². The van der Waals surface area contributed by atoms with Crippen molar-refractivity contribution in [3.8, 4) is 5.95 Å². The Morgan fingerprint density at radius 2 is 1.57 bits per heavy atom. The normalized spacial score (nSPS) is 16.9. The second-order valence-electron chi connectivity index (χ2n) is 8.90. The van der Waals surface area contributed by atoms with E-state index in [2.05, 4.69) is 39.4 Å². The zero-order chi connectivity index (χ0) is 29.7. The molecular weight excluding hydrogens is 554 g/mol. The lowest BCUT2D eigenvalue weighted by atomic mass is 9.94. The molecule has 40 heavy (non-hydrogen) atoms. The first-order chi connectivity index (χ1) is 18.7. The molecule has 2 fully saturated rings. The summed E-state index contributed by atoms with van der Waals surface area (Å²) >= 11 is 0. The van der Waals surface area contributed by atoms with Gasteiger partial charge in [-0.25, -0.2) is 9.59 Å². The Hall–Kier alpha value is -3.73. The van der Waals surface area contributed by atoms with Crippen LogP contribution in [0.2, 0.25) is 0 Å².